The number of benzene rings is 1. The molecule has 1 fully saturated rings. The first-order valence-electron chi connectivity index (χ1n) is 12.3. The van der Waals surface area contributed by atoms with Gasteiger partial charge in [-0.15, -0.1) is 0 Å². The van der Waals surface area contributed by atoms with Gasteiger partial charge in [-0.2, -0.15) is 0 Å². The van der Waals surface area contributed by atoms with Gasteiger partial charge < -0.3 is 9.47 Å². The average molecular weight is 439 g/mol. The minimum atomic E-state index is 0.344. The maximum Gasteiger partial charge on any atom is 0.231 e. The largest absolute Gasteiger partial charge is 0.454 e. The van der Waals surface area contributed by atoms with Crippen molar-refractivity contribution in [1.29, 1.82) is 0 Å². The van der Waals surface area contributed by atoms with Gasteiger partial charge in [-0.05, 0) is 90.6 Å². The van der Waals surface area contributed by atoms with Gasteiger partial charge in [0.2, 0.25) is 6.79 Å². The van der Waals surface area contributed by atoms with Crippen LogP contribution in [0, 0.1) is 0 Å². The van der Waals surface area contributed by atoms with Crippen LogP contribution in [0.4, 0.5) is 0 Å². The molecule has 176 valence electrons. The lowest BCUT2D eigenvalue weighted by Gasteiger charge is -2.21. The molecule has 1 aromatic rings. The van der Waals surface area contributed by atoms with Crippen LogP contribution in [0.5, 0.6) is 11.5 Å². The quantitative estimate of drug-likeness (QED) is 0.398. The molecule has 2 aliphatic rings. The summed E-state index contributed by atoms with van der Waals surface area (Å²) in [5.41, 5.74) is 5.76. The second-order valence-corrected chi connectivity index (χ2v) is 9.58. The van der Waals surface area contributed by atoms with Crippen molar-refractivity contribution in [3.8, 4) is 11.5 Å². The maximum atomic E-state index is 5.53. The van der Waals surface area contributed by atoms with Gasteiger partial charge in [0.25, 0.3) is 0 Å². The van der Waals surface area contributed by atoms with Gasteiger partial charge in [-0.1, -0.05) is 41.0 Å². The van der Waals surface area contributed by atoms with Crippen LogP contribution in [-0.2, 0) is 6.54 Å². The standard InChI is InChI=1S/C28H42N2O2/c1-23(2)8-5-9-24(3)10-6-11-25(4)14-17-29-15-7-16-30(19-18-29)21-26-12-13-27-28(20-26)32-22-31-27/h8,10,12-14,20H,5-7,9,11,15-19,21-22H2,1-4H3/b24-10+,25-14-. The summed E-state index contributed by atoms with van der Waals surface area (Å²) in [7, 11) is 0. The molecule has 2 heterocycles. The van der Waals surface area contributed by atoms with Crippen LogP contribution in [0.15, 0.2) is 53.1 Å². The van der Waals surface area contributed by atoms with E-state index in [2.05, 4.69) is 67.9 Å². The summed E-state index contributed by atoms with van der Waals surface area (Å²) in [5, 5.41) is 0. The third kappa shape index (κ3) is 8.48. The third-order valence-electron chi connectivity index (χ3n) is 6.34. The first-order chi connectivity index (χ1) is 15.5. The van der Waals surface area contributed by atoms with E-state index >= 15 is 0 Å². The fourth-order valence-corrected chi connectivity index (χ4v) is 4.29. The van der Waals surface area contributed by atoms with Crippen LogP contribution < -0.4 is 9.47 Å². The summed E-state index contributed by atoms with van der Waals surface area (Å²) in [6.07, 6.45) is 13.1. The smallest absolute Gasteiger partial charge is 0.231 e. The van der Waals surface area contributed by atoms with Crippen molar-refractivity contribution >= 4 is 0 Å². The molecule has 0 atom stereocenters. The average Bonchev–Trinajstić information content (AvgIpc) is 3.11. The second-order valence-electron chi connectivity index (χ2n) is 9.58. The van der Waals surface area contributed by atoms with Gasteiger partial charge in [0.15, 0.2) is 11.5 Å². The molecule has 0 spiro atoms. The van der Waals surface area contributed by atoms with E-state index in [4.69, 9.17) is 9.47 Å². The Morgan fingerprint density at radius 2 is 1.50 bits per heavy atom. The Morgan fingerprint density at radius 1 is 0.812 bits per heavy atom. The predicted octanol–water partition coefficient (Wildman–Crippen LogP) is 6.34. The molecular formula is C28H42N2O2. The minimum absolute atomic E-state index is 0.344. The van der Waals surface area contributed by atoms with E-state index < -0.39 is 0 Å². The lowest BCUT2D eigenvalue weighted by Crippen LogP contribution is -2.30. The molecular weight excluding hydrogens is 396 g/mol. The normalized spacial score (nSPS) is 18.0. The summed E-state index contributed by atoms with van der Waals surface area (Å²) in [5.74, 6) is 1.75. The van der Waals surface area contributed by atoms with Crippen molar-refractivity contribution in [1.82, 2.24) is 9.80 Å². The molecule has 0 unspecified atom stereocenters. The van der Waals surface area contributed by atoms with Crippen molar-refractivity contribution in [2.45, 2.75) is 66.3 Å². The van der Waals surface area contributed by atoms with E-state index in [0.29, 0.717) is 6.79 Å². The Morgan fingerprint density at radius 3 is 2.31 bits per heavy atom. The number of ether oxygens (including phenoxy) is 2. The highest BCUT2D eigenvalue weighted by Gasteiger charge is 2.17. The Bertz CT molecular complexity index is 821. The minimum Gasteiger partial charge on any atom is -0.454 e. The maximum absolute atomic E-state index is 5.53. The molecule has 4 nitrogen and oxygen atoms in total. The number of hydrogen-bond acceptors (Lipinski definition) is 4. The molecule has 0 amide bonds. The van der Waals surface area contributed by atoms with Crippen LogP contribution in [0.2, 0.25) is 0 Å². The molecule has 3 rings (SSSR count). The number of hydrogen-bond donors (Lipinski definition) is 0. The molecule has 1 aromatic carbocycles. The van der Waals surface area contributed by atoms with Crippen molar-refractivity contribution < 1.29 is 9.47 Å². The Hall–Kier alpha value is -2.04. The monoisotopic (exact) mass is 438 g/mol. The Kier molecular flexibility index (Phi) is 9.89. The van der Waals surface area contributed by atoms with E-state index in [-0.39, 0.29) is 0 Å². The van der Waals surface area contributed by atoms with Crippen molar-refractivity contribution in [2.75, 3.05) is 39.5 Å². The Labute approximate surface area is 195 Å². The molecule has 32 heavy (non-hydrogen) atoms. The predicted molar refractivity (Wildman–Crippen MR) is 134 cm³/mol. The summed E-state index contributed by atoms with van der Waals surface area (Å²) in [6.45, 7) is 15.9. The summed E-state index contributed by atoms with van der Waals surface area (Å²) in [4.78, 5) is 5.17. The first kappa shape index (κ1) is 24.6. The van der Waals surface area contributed by atoms with Gasteiger partial charge >= 0.3 is 0 Å². The molecule has 4 heteroatoms. The van der Waals surface area contributed by atoms with Crippen molar-refractivity contribution in [2.24, 2.45) is 0 Å². The highest BCUT2D eigenvalue weighted by Crippen LogP contribution is 2.32. The third-order valence-corrected chi connectivity index (χ3v) is 6.34. The molecule has 0 aromatic heterocycles. The molecule has 0 bridgehead atoms. The number of rotatable bonds is 10. The van der Waals surface area contributed by atoms with Crippen molar-refractivity contribution in [3.05, 3.63) is 58.7 Å². The zero-order chi connectivity index (χ0) is 22.8. The lowest BCUT2D eigenvalue weighted by molar-refractivity contribution is 0.174. The van der Waals surface area contributed by atoms with E-state index in [0.717, 1.165) is 50.6 Å². The first-order valence-corrected chi connectivity index (χ1v) is 12.3. The van der Waals surface area contributed by atoms with Crippen LogP contribution in [0.1, 0.15) is 65.4 Å². The second kappa shape index (κ2) is 12.9. The van der Waals surface area contributed by atoms with Crippen LogP contribution in [0.25, 0.3) is 0 Å². The van der Waals surface area contributed by atoms with Crippen LogP contribution >= 0.6 is 0 Å². The van der Waals surface area contributed by atoms with Gasteiger partial charge in [-0.25, -0.2) is 0 Å². The lowest BCUT2D eigenvalue weighted by atomic mass is 10.1. The van der Waals surface area contributed by atoms with Crippen LogP contribution in [-0.4, -0.2) is 49.3 Å². The number of fused-ring (bicyclic) bond motifs is 1. The molecule has 0 N–H and O–H groups in total. The molecule has 0 saturated carbocycles. The fraction of sp³-hybridized carbons (Fsp3) is 0.571. The van der Waals surface area contributed by atoms with Gasteiger partial charge in [-0.3, -0.25) is 9.80 Å². The van der Waals surface area contributed by atoms with Crippen LogP contribution in [0.3, 0.4) is 0 Å². The molecule has 0 radical (unpaired) electrons. The SMILES string of the molecule is CC(C)=CCC/C(C)=C/CC/C(C)=C\CN1CCCN(Cc2ccc3c(c2)OCO3)CC1. The number of allylic oxidation sites excluding steroid dienone is 5. The highest BCUT2D eigenvalue weighted by molar-refractivity contribution is 5.44. The van der Waals surface area contributed by atoms with Crippen molar-refractivity contribution in [3.63, 3.8) is 0 Å². The number of nitrogens with zero attached hydrogens (tertiary/aromatic N) is 2. The summed E-state index contributed by atoms with van der Waals surface area (Å²) >= 11 is 0. The van der Waals surface area contributed by atoms with E-state index in [1.165, 1.54) is 54.5 Å². The molecule has 1 saturated heterocycles. The zero-order valence-electron chi connectivity index (χ0n) is 20.7. The van der Waals surface area contributed by atoms with E-state index in [1.807, 2.05) is 6.07 Å². The molecule has 2 aliphatic heterocycles. The molecule has 0 aliphatic carbocycles. The summed E-state index contributed by atoms with van der Waals surface area (Å²) in [6, 6.07) is 6.34. The topological polar surface area (TPSA) is 24.9 Å². The fourth-order valence-electron chi connectivity index (χ4n) is 4.29. The van der Waals surface area contributed by atoms with E-state index in [1.54, 1.807) is 0 Å². The van der Waals surface area contributed by atoms with Gasteiger partial charge in [0, 0.05) is 26.2 Å². The zero-order valence-corrected chi connectivity index (χ0v) is 20.7. The van der Waals surface area contributed by atoms with Gasteiger partial charge in [0.1, 0.15) is 0 Å². The van der Waals surface area contributed by atoms with Gasteiger partial charge in [0.05, 0.1) is 0 Å². The summed E-state index contributed by atoms with van der Waals surface area (Å²) < 4.78 is 11.0. The van der Waals surface area contributed by atoms with E-state index in [9.17, 15) is 0 Å². The Balaban J connectivity index is 1.37. The highest BCUT2D eigenvalue weighted by atomic mass is 16.7.